The van der Waals surface area contributed by atoms with Crippen molar-refractivity contribution in [2.45, 2.75) is 57.8 Å². The molecule has 2 aromatic carbocycles. The Morgan fingerprint density at radius 3 is 1.62 bits per heavy atom. The minimum Gasteiger partial charge on any atom is -0.463 e. The molecule has 0 unspecified atom stereocenters. The van der Waals surface area contributed by atoms with Gasteiger partial charge in [0.2, 0.25) is 0 Å². The molecule has 0 spiro atoms. The van der Waals surface area contributed by atoms with Gasteiger partial charge in [0.1, 0.15) is 13.2 Å². The number of benzene rings is 2. The van der Waals surface area contributed by atoms with Crippen LogP contribution in [0.25, 0.3) is 11.1 Å². The number of hydrogen-bond acceptors (Lipinski definition) is 9. The molecule has 0 bridgehead atoms. The van der Waals surface area contributed by atoms with E-state index in [2.05, 4.69) is 31.2 Å². The molecule has 1 amide bonds. The highest BCUT2D eigenvalue weighted by Crippen LogP contribution is 2.44. The second-order valence-corrected chi connectivity index (χ2v) is 11.5. The number of unbranched alkanes of at least 4 members (excludes halogenated alkanes) is 5. The predicted molar refractivity (Wildman–Crippen MR) is 181 cm³/mol. The van der Waals surface area contributed by atoms with Crippen molar-refractivity contribution in [2.24, 2.45) is 0 Å². The van der Waals surface area contributed by atoms with Crippen LogP contribution in [0.1, 0.15) is 68.9 Å². The van der Waals surface area contributed by atoms with Crippen LogP contribution < -0.4 is 0 Å². The number of hydrogen-bond donors (Lipinski definition) is 0. The third-order valence-electron chi connectivity index (χ3n) is 7.93. The van der Waals surface area contributed by atoms with Crippen LogP contribution in [0.3, 0.4) is 0 Å². The maximum Gasteiger partial charge on any atom is 0.409 e. The Bertz CT molecular complexity index is 1100. The van der Waals surface area contributed by atoms with E-state index in [1.165, 1.54) is 52.8 Å². The van der Waals surface area contributed by atoms with Crippen LogP contribution in [0.5, 0.6) is 0 Å². The Kier molecular flexibility index (Phi) is 19.8. The highest BCUT2D eigenvalue weighted by Gasteiger charge is 2.29. The van der Waals surface area contributed by atoms with Crippen LogP contribution in [0.15, 0.2) is 48.5 Å². The van der Waals surface area contributed by atoms with Gasteiger partial charge in [0.25, 0.3) is 0 Å². The summed E-state index contributed by atoms with van der Waals surface area (Å²) in [5.74, 6) is -0.107. The van der Waals surface area contributed by atoms with Crippen molar-refractivity contribution in [1.29, 1.82) is 0 Å². The molecule has 0 aromatic heterocycles. The molecular weight excluding hydrogens is 602 g/mol. The first kappa shape index (κ1) is 38.4. The van der Waals surface area contributed by atoms with Crippen LogP contribution in [-0.2, 0) is 38.0 Å². The first-order valence-corrected chi connectivity index (χ1v) is 17.2. The van der Waals surface area contributed by atoms with Crippen LogP contribution in [0.4, 0.5) is 4.79 Å². The van der Waals surface area contributed by atoms with Gasteiger partial charge < -0.3 is 38.1 Å². The van der Waals surface area contributed by atoms with E-state index in [0.29, 0.717) is 85.6 Å². The lowest BCUT2D eigenvalue weighted by Gasteiger charge is -2.19. The number of rotatable bonds is 27. The van der Waals surface area contributed by atoms with Crippen molar-refractivity contribution in [1.82, 2.24) is 4.90 Å². The molecule has 0 fully saturated rings. The fraction of sp³-hybridized carbons (Fsp3) is 0.622. The van der Waals surface area contributed by atoms with Crippen molar-refractivity contribution in [3.8, 4) is 11.1 Å². The molecule has 10 nitrogen and oxygen atoms in total. The summed E-state index contributed by atoms with van der Waals surface area (Å²) in [4.78, 5) is 25.8. The zero-order valence-corrected chi connectivity index (χ0v) is 28.5. The summed E-state index contributed by atoms with van der Waals surface area (Å²) in [7, 11) is 1.71. The van der Waals surface area contributed by atoms with Crippen LogP contribution in [0, 0.1) is 0 Å². The van der Waals surface area contributed by atoms with Crippen molar-refractivity contribution < 1.29 is 42.7 Å². The van der Waals surface area contributed by atoms with E-state index in [9.17, 15) is 9.59 Å². The normalized spacial score (nSPS) is 12.1. The SMILES string of the molecule is CCCCCCCCC(=O)OCCOCCOCCOCCOCCOCCN(C)C(=O)OCC1c2ccccc2-c2ccccc21. The van der Waals surface area contributed by atoms with E-state index in [1.54, 1.807) is 7.05 Å². The van der Waals surface area contributed by atoms with Gasteiger partial charge in [-0.05, 0) is 28.7 Å². The zero-order valence-electron chi connectivity index (χ0n) is 28.5. The summed E-state index contributed by atoms with van der Waals surface area (Å²) in [5, 5.41) is 0. The van der Waals surface area contributed by atoms with Gasteiger partial charge in [-0.2, -0.15) is 0 Å². The van der Waals surface area contributed by atoms with Crippen molar-refractivity contribution in [3.63, 3.8) is 0 Å². The largest absolute Gasteiger partial charge is 0.463 e. The van der Waals surface area contributed by atoms with Crippen molar-refractivity contribution in [2.75, 3.05) is 92.9 Å². The van der Waals surface area contributed by atoms with Gasteiger partial charge in [0.15, 0.2) is 0 Å². The van der Waals surface area contributed by atoms with Gasteiger partial charge in [-0.3, -0.25) is 4.79 Å². The Hall–Kier alpha value is -3.02. The third kappa shape index (κ3) is 15.2. The lowest BCUT2D eigenvalue weighted by atomic mass is 9.98. The van der Waals surface area contributed by atoms with Crippen LogP contribution in [0.2, 0.25) is 0 Å². The van der Waals surface area contributed by atoms with E-state index in [4.69, 9.17) is 33.2 Å². The fourth-order valence-corrected chi connectivity index (χ4v) is 5.31. The second kappa shape index (κ2) is 24.2. The standard InChI is InChI=1S/C37H55NO9/c1-3-4-5-6-7-8-17-36(39)46-29-28-45-27-26-44-25-24-43-23-22-42-21-20-41-19-18-38(2)37(40)47-30-35-33-15-11-9-13-31(33)32-14-10-12-16-34(32)35/h9-16,35H,3-8,17-30H2,1-2H3. The molecule has 47 heavy (non-hydrogen) atoms. The summed E-state index contributed by atoms with van der Waals surface area (Å²) >= 11 is 0. The van der Waals surface area contributed by atoms with E-state index in [0.717, 1.165) is 12.8 Å². The lowest BCUT2D eigenvalue weighted by molar-refractivity contribution is -0.145. The highest BCUT2D eigenvalue weighted by molar-refractivity contribution is 5.79. The molecule has 0 atom stereocenters. The Morgan fingerprint density at radius 1 is 0.596 bits per heavy atom. The Balaban J connectivity index is 1.05. The topological polar surface area (TPSA) is 102 Å². The second-order valence-electron chi connectivity index (χ2n) is 11.5. The highest BCUT2D eigenvalue weighted by atomic mass is 16.6. The van der Waals surface area contributed by atoms with Gasteiger partial charge in [-0.25, -0.2) is 4.79 Å². The Morgan fingerprint density at radius 2 is 1.06 bits per heavy atom. The van der Waals surface area contributed by atoms with Crippen molar-refractivity contribution in [3.05, 3.63) is 59.7 Å². The predicted octanol–water partition coefficient (Wildman–Crippen LogP) is 6.24. The molecule has 1 aliphatic rings. The molecule has 10 heteroatoms. The molecule has 0 heterocycles. The van der Waals surface area contributed by atoms with Crippen molar-refractivity contribution >= 4 is 12.1 Å². The summed E-state index contributed by atoms with van der Waals surface area (Å²) in [6.07, 6.45) is 7.03. The number of fused-ring (bicyclic) bond motifs is 3. The summed E-state index contributed by atoms with van der Waals surface area (Å²) in [6, 6.07) is 16.6. The summed E-state index contributed by atoms with van der Waals surface area (Å²) in [6.45, 7) is 7.62. The van der Waals surface area contributed by atoms with Crippen LogP contribution in [-0.4, -0.2) is 110 Å². The molecule has 262 valence electrons. The fourth-order valence-electron chi connectivity index (χ4n) is 5.31. The van der Waals surface area contributed by atoms with Gasteiger partial charge in [0, 0.05) is 25.9 Å². The lowest BCUT2D eigenvalue weighted by Crippen LogP contribution is -2.32. The van der Waals surface area contributed by atoms with E-state index >= 15 is 0 Å². The smallest absolute Gasteiger partial charge is 0.409 e. The maximum atomic E-state index is 12.6. The number of carbonyl (C=O) groups excluding carboxylic acids is 2. The first-order chi connectivity index (χ1) is 23.1. The number of carbonyl (C=O) groups is 2. The third-order valence-corrected chi connectivity index (χ3v) is 7.93. The number of ether oxygens (including phenoxy) is 7. The molecule has 0 N–H and O–H groups in total. The first-order valence-electron chi connectivity index (χ1n) is 17.2. The van der Waals surface area contributed by atoms with Gasteiger partial charge in [-0.15, -0.1) is 0 Å². The quantitative estimate of drug-likeness (QED) is 0.0816. The molecule has 0 radical (unpaired) electrons. The minimum atomic E-state index is -0.364. The molecule has 0 saturated heterocycles. The van der Waals surface area contributed by atoms with E-state index in [1.807, 2.05) is 24.3 Å². The molecular formula is C37H55NO9. The monoisotopic (exact) mass is 657 g/mol. The molecule has 0 saturated carbocycles. The number of esters is 1. The molecule has 2 aromatic rings. The average molecular weight is 658 g/mol. The van der Waals surface area contributed by atoms with Gasteiger partial charge >= 0.3 is 12.1 Å². The van der Waals surface area contributed by atoms with Crippen LogP contribution >= 0.6 is 0 Å². The maximum absolute atomic E-state index is 12.6. The Labute approximate surface area is 280 Å². The zero-order chi connectivity index (χ0) is 33.4. The van der Waals surface area contributed by atoms with E-state index in [-0.39, 0.29) is 24.6 Å². The minimum absolute atomic E-state index is 0.0407. The molecule has 3 rings (SSSR count). The number of amides is 1. The molecule has 0 aliphatic heterocycles. The van der Waals surface area contributed by atoms with E-state index < -0.39 is 0 Å². The summed E-state index contributed by atoms with van der Waals surface area (Å²) in [5.41, 5.74) is 4.80. The summed E-state index contributed by atoms with van der Waals surface area (Å²) < 4.78 is 38.4. The number of likely N-dealkylation sites (N-methyl/N-ethyl adjacent to an activating group) is 1. The molecule has 1 aliphatic carbocycles. The van der Waals surface area contributed by atoms with Gasteiger partial charge in [-0.1, -0.05) is 87.6 Å². The van der Waals surface area contributed by atoms with Gasteiger partial charge in [0.05, 0.1) is 66.1 Å². The average Bonchev–Trinajstić information content (AvgIpc) is 3.41. The number of nitrogens with zero attached hydrogens (tertiary/aromatic N) is 1.